The normalized spacial score (nSPS) is 10.4. The number of halogens is 2. The van der Waals surface area contributed by atoms with Gasteiger partial charge in [-0.25, -0.2) is 0 Å². The van der Waals surface area contributed by atoms with E-state index in [1.807, 2.05) is 54.6 Å². The fraction of sp³-hybridized carbons (Fsp3) is 0.0435. The molecule has 0 fully saturated rings. The van der Waals surface area contributed by atoms with Gasteiger partial charge in [0, 0.05) is 10.0 Å². The monoisotopic (exact) mass is 364 g/mol. The summed E-state index contributed by atoms with van der Waals surface area (Å²) < 4.78 is 0. The van der Waals surface area contributed by atoms with Crippen LogP contribution in [0, 0.1) is 6.92 Å². The molecule has 3 aromatic carbocycles. The standard InChI is InChI=1S/C23H18Cl2/c1-3-22(17-6-4-16(2)5-7-17)23(18-8-12-20(24)13-9-18)19-10-14-21(25)15-11-19/h3-15H,1H2,2H3. The molecule has 0 aliphatic rings. The van der Waals surface area contributed by atoms with E-state index >= 15 is 0 Å². The van der Waals surface area contributed by atoms with E-state index in [9.17, 15) is 0 Å². The van der Waals surface area contributed by atoms with Crippen molar-refractivity contribution in [2.45, 2.75) is 6.92 Å². The molecular formula is C23H18Cl2. The molecule has 0 heterocycles. The highest BCUT2D eigenvalue weighted by molar-refractivity contribution is 6.31. The van der Waals surface area contributed by atoms with Gasteiger partial charge in [0.15, 0.2) is 0 Å². The largest absolute Gasteiger partial charge is 0.0984 e. The molecule has 0 aromatic heterocycles. The smallest absolute Gasteiger partial charge is 0.0406 e. The van der Waals surface area contributed by atoms with Crippen LogP contribution in [0.1, 0.15) is 22.3 Å². The first kappa shape index (κ1) is 17.5. The van der Waals surface area contributed by atoms with Crippen molar-refractivity contribution in [2.75, 3.05) is 0 Å². The Bertz CT molecular complexity index is 852. The van der Waals surface area contributed by atoms with Crippen molar-refractivity contribution in [1.82, 2.24) is 0 Å². The van der Waals surface area contributed by atoms with E-state index in [4.69, 9.17) is 23.2 Å². The van der Waals surface area contributed by atoms with Gasteiger partial charge in [0.2, 0.25) is 0 Å². The molecule has 25 heavy (non-hydrogen) atoms. The summed E-state index contributed by atoms with van der Waals surface area (Å²) in [5.41, 5.74) is 6.70. The average molecular weight is 365 g/mol. The van der Waals surface area contributed by atoms with Crippen molar-refractivity contribution >= 4 is 34.3 Å². The van der Waals surface area contributed by atoms with Crippen LogP contribution in [0.4, 0.5) is 0 Å². The lowest BCUT2D eigenvalue weighted by Crippen LogP contribution is -1.94. The molecule has 0 saturated heterocycles. The maximum Gasteiger partial charge on any atom is 0.0406 e. The molecule has 0 spiro atoms. The second-order valence-corrected chi connectivity index (χ2v) is 6.75. The van der Waals surface area contributed by atoms with Crippen LogP contribution in [0.5, 0.6) is 0 Å². The van der Waals surface area contributed by atoms with Gasteiger partial charge in [-0.3, -0.25) is 0 Å². The maximum absolute atomic E-state index is 6.08. The van der Waals surface area contributed by atoms with Crippen LogP contribution in [0.3, 0.4) is 0 Å². The zero-order valence-corrected chi connectivity index (χ0v) is 15.5. The Morgan fingerprint density at radius 1 is 0.680 bits per heavy atom. The van der Waals surface area contributed by atoms with Crippen LogP contribution in [-0.2, 0) is 0 Å². The first-order valence-electron chi connectivity index (χ1n) is 8.04. The van der Waals surface area contributed by atoms with Gasteiger partial charge in [-0.05, 0) is 59.0 Å². The van der Waals surface area contributed by atoms with Crippen LogP contribution in [0.15, 0.2) is 85.5 Å². The number of hydrogen-bond donors (Lipinski definition) is 0. The SMILES string of the molecule is C=CC(=C(c1ccc(Cl)cc1)c1ccc(Cl)cc1)c1ccc(C)cc1. The lowest BCUT2D eigenvalue weighted by Gasteiger charge is -2.15. The molecule has 3 rings (SSSR count). The van der Waals surface area contributed by atoms with E-state index in [0.717, 1.165) is 37.9 Å². The quantitative estimate of drug-likeness (QED) is 0.333. The van der Waals surface area contributed by atoms with Gasteiger partial charge in [-0.1, -0.05) is 90.0 Å². The topological polar surface area (TPSA) is 0 Å². The average Bonchev–Trinajstić information content (AvgIpc) is 2.63. The summed E-state index contributed by atoms with van der Waals surface area (Å²) in [7, 11) is 0. The predicted molar refractivity (Wildman–Crippen MR) is 110 cm³/mol. The van der Waals surface area contributed by atoms with Gasteiger partial charge < -0.3 is 0 Å². The van der Waals surface area contributed by atoms with Gasteiger partial charge in [0.05, 0.1) is 0 Å². The van der Waals surface area contributed by atoms with E-state index in [2.05, 4.69) is 37.8 Å². The van der Waals surface area contributed by atoms with E-state index < -0.39 is 0 Å². The number of rotatable bonds is 4. The minimum atomic E-state index is 0.717. The van der Waals surface area contributed by atoms with Crippen molar-refractivity contribution in [1.29, 1.82) is 0 Å². The highest BCUT2D eigenvalue weighted by atomic mass is 35.5. The molecule has 0 aliphatic heterocycles. The minimum Gasteiger partial charge on any atom is -0.0984 e. The number of benzene rings is 3. The van der Waals surface area contributed by atoms with Crippen LogP contribution >= 0.6 is 23.2 Å². The van der Waals surface area contributed by atoms with Crippen molar-refractivity contribution in [3.63, 3.8) is 0 Å². The van der Waals surface area contributed by atoms with Gasteiger partial charge in [-0.2, -0.15) is 0 Å². The molecule has 0 unspecified atom stereocenters. The molecule has 0 aliphatic carbocycles. The second-order valence-electron chi connectivity index (χ2n) is 5.87. The van der Waals surface area contributed by atoms with Crippen molar-refractivity contribution in [2.24, 2.45) is 0 Å². The molecule has 0 saturated carbocycles. The summed E-state index contributed by atoms with van der Waals surface area (Å²) in [4.78, 5) is 0. The van der Waals surface area contributed by atoms with Gasteiger partial charge in [0.1, 0.15) is 0 Å². The fourth-order valence-electron chi connectivity index (χ4n) is 2.81. The first-order chi connectivity index (χ1) is 12.1. The van der Waals surface area contributed by atoms with E-state index in [1.54, 1.807) is 0 Å². The summed E-state index contributed by atoms with van der Waals surface area (Å²) in [6.45, 7) is 6.14. The number of hydrogen-bond acceptors (Lipinski definition) is 0. The fourth-order valence-corrected chi connectivity index (χ4v) is 3.06. The van der Waals surface area contributed by atoms with Crippen LogP contribution < -0.4 is 0 Å². The molecule has 0 N–H and O–H groups in total. The van der Waals surface area contributed by atoms with E-state index in [1.165, 1.54) is 5.56 Å². The first-order valence-corrected chi connectivity index (χ1v) is 8.79. The molecule has 2 heteroatoms. The van der Waals surface area contributed by atoms with Gasteiger partial charge >= 0.3 is 0 Å². The van der Waals surface area contributed by atoms with Gasteiger partial charge in [0.25, 0.3) is 0 Å². The Kier molecular flexibility index (Phi) is 5.43. The Labute approximate surface area is 159 Å². The molecule has 0 nitrogen and oxygen atoms in total. The maximum atomic E-state index is 6.08. The molecule has 0 radical (unpaired) electrons. The third-order valence-electron chi connectivity index (χ3n) is 4.10. The summed E-state index contributed by atoms with van der Waals surface area (Å²) in [5.74, 6) is 0. The molecule has 0 bridgehead atoms. The summed E-state index contributed by atoms with van der Waals surface area (Å²) in [6, 6.07) is 24.2. The van der Waals surface area contributed by atoms with E-state index in [-0.39, 0.29) is 0 Å². The summed E-state index contributed by atoms with van der Waals surface area (Å²) in [5, 5.41) is 1.43. The molecule has 0 amide bonds. The third-order valence-corrected chi connectivity index (χ3v) is 4.61. The van der Waals surface area contributed by atoms with Crippen molar-refractivity contribution < 1.29 is 0 Å². The Morgan fingerprint density at radius 2 is 1.08 bits per heavy atom. The zero-order valence-electron chi connectivity index (χ0n) is 14.0. The Hall–Kier alpha value is -2.28. The Balaban J connectivity index is 2.27. The molecule has 0 atom stereocenters. The molecule has 3 aromatic rings. The summed E-state index contributed by atoms with van der Waals surface area (Å²) in [6.07, 6.45) is 1.91. The van der Waals surface area contributed by atoms with Crippen LogP contribution in [0.25, 0.3) is 11.1 Å². The Morgan fingerprint density at radius 3 is 1.48 bits per heavy atom. The zero-order chi connectivity index (χ0) is 17.8. The highest BCUT2D eigenvalue weighted by Gasteiger charge is 2.12. The lowest BCUT2D eigenvalue weighted by atomic mass is 9.89. The summed E-state index contributed by atoms with van der Waals surface area (Å²) >= 11 is 12.2. The minimum absolute atomic E-state index is 0.717. The van der Waals surface area contributed by atoms with Crippen molar-refractivity contribution in [3.8, 4) is 0 Å². The third kappa shape index (κ3) is 4.04. The molecular weight excluding hydrogens is 347 g/mol. The van der Waals surface area contributed by atoms with E-state index in [0.29, 0.717) is 0 Å². The van der Waals surface area contributed by atoms with Crippen LogP contribution in [-0.4, -0.2) is 0 Å². The lowest BCUT2D eigenvalue weighted by molar-refractivity contribution is 1.45. The van der Waals surface area contributed by atoms with Gasteiger partial charge in [-0.15, -0.1) is 0 Å². The predicted octanol–water partition coefficient (Wildman–Crippen LogP) is 7.45. The molecule has 124 valence electrons. The van der Waals surface area contributed by atoms with Crippen molar-refractivity contribution in [3.05, 3.63) is 118 Å². The highest BCUT2D eigenvalue weighted by Crippen LogP contribution is 2.34. The van der Waals surface area contributed by atoms with Crippen LogP contribution in [0.2, 0.25) is 10.0 Å². The number of allylic oxidation sites excluding steroid dienone is 2. The number of aryl methyl sites for hydroxylation is 1. The second kappa shape index (κ2) is 7.74.